The molecule has 24 heavy (non-hydrogen) atoms. The summed E-state index contributed by atoms with van der Waals surface area (Å²) in [7, 11) is -2.63. The van der Waals surface area contributed by atoms with E-state index in [0.717, 1.165) is 4.31 Å². The molecule has 0 saturated carbocycles. The van der Waals surface area contributed by atoms with Crippen molar-refractivity contribution in [2.75, 3.05) is 18.0 Å². The number of ether oxygens (including phenoxy) is 1. The number of carboxylic acid groups (broad SMARTS) is 1. The summed E-state index contributed by atoms with van der Waals surface area (Å²) in [6.45, 7) is -0.715. The Labute approximate surface area is 152 Å². The molecule has 9 heteroatoms. The minimum atomic E-state index is -4.09. The smallest absolute Gasteiger partial charge is 0.324 e. The van der Waals surface area contributed by atoms with Gasteiger partial charge in [-0.3, -0.25) is 9.10 Å². The van der Waals surface area contributed by atoms with Gasteiger partial charge in [0.15, 0.2) is 0 Å². The molecule has 0 heterocycles. The monoisotopic (exact) mass is 433 g/mol. The Kier molecular flexibility index (Phi) is 5.74. The Morgan fingerprint density at radius 3 is 2.38 bits per heavy atom. The van der Waals surface area contributed by atoms with Crippen LogP contribution in [-0.4, -0.2) is 33.1 Å². The molecule has 0 atom stereocenters. The first-order valence-electron chi connectivity index (χ1n) is 6.59. The summed E-state index contributed by atoms with van der Waals surface area (Å²) in [4.78, 5) is 11.1. The zero-order valence-corrected chi connectivity index (χ0v) is 15.6. The number of hydrogen-bond donors (Lipinski definition) is 1. The van der Waals surface area contributed by atoms with Crippen LogP contribution in [0.3, 0.4) is 0 Å². The maximum absolute atomic E-state index is 12.9. The van der Waals surface area contributed by atoms with Crippen LogP contribution < -0.4 is 9.04 Å². The number of aliphatic carboxylic acids is 1. The average Bonchev–Trinajstić information content (AvgIpc) is 2.53. The van der Waals surface area contributed by atoms with E-state index < -0.39 is 22.5 Å². The first kappa shape index (κ1) is 18.6. The third-order valence-electron chi connectivity index (χ3n) is 3.10. The van der Waals surface area contributed by atoms with E-state index in [0.29, 0.717) is 15.2 Å². The first-order chi connectivity index (χ1) is 11.3. The van der Waals surface area contributed by atoms with Gasteiger partial charge in [-0.15, -0.1) is 0 Å². The fourth-order valence-electron chi connectivity index (χ4n) is 1.98. The van der Waals surface area contributed by atoms with Crippen LogP contribution in [0.4, 0.5) is 5.69 Å². The van der Waals surface area contributed by atoms with Crippen molar-refractivity contribution in [2.24, 2.45) is 0 Å². The molecule has 2 aromatic carbocycles. The summed E-state index contributed by atoms with van der Waals surface area (Å²) in [5.41, 5.74) is 0.203. The van der Waals surface area contributed by atoms with Gasteiger partial charge in [-0.25, -0.2) is 8.42 Å². The lowest BCUT2D eigenvalue weighted by molar-refractivity contribution is -0.135. The highest BCUT2D eigenvalue weighted by molar-refractivity contribution is 9.10. The lowest BCUT2D eigenvalue weighted by Crippen LogP contribution is -2.35. The summed E-state index contributed by atoms with van der Waals surface area (Å²) in [5.74, 6) is -0.814. The summed E-state index contributed by atoms with van der Waals surface area (Å²) in [6.07, 6.45) is 0. The molecule has 0 spiro atoms. The number of sulfonamides is 1. The SMILES string of the molecule is COc1ccc(S(=O)(=O)N(CC(=O)O)c2ccc(Cl)cc2)cc1Br. The van der Waals surface area contributed by atoms with E-state index in [9.17, 15) is 13.2 Å². The number of hydrogen-bond acceptors (Lipinski definition) is 4. The van der Waals surface area contributed by atoms with Crippen LogP contribution in [0.2, 0.25) is 5.02 Å². The molecule has 0 radical (unpaired) electrons. The molecule has 2 rings (SSSR count). The highest BCUT2D eigenvalue weighted by Crippen LogP contribution is 2.31. The predicted octanol–water partition coefficient (Wildman–Crippen LogP) is 3.39. The van der Waals surface area contributed by atoms with Crippen LogP contribution >= 0.6 is 27.5 Å². The van der Waals surface area contributed by atoms with Crippen molar-refractivity contribution in [3.63, 3.8) is 0 Å². The van der Waals surface area contributed by atoms with E-state index in [2.05, 4.69) is 15.9 Å². The molecule has 2 aromatic rings. The third-order valence-corrected chi connectivity index (χ3v) is 5.75. The van der Waals surface area contributed by atoms with Crippen molar-refractivity contribution >= 4 is 49.2 Å². The first-order valence-corrected chi connectivity index (χ1v) is 9.20. The summed E-state index contributed by atoms with van der Waals surface area (Å²) in [6, 6.07) is 10.1. The Morgan fingerprint density at radius 2 is 1.88 bits per heavy atom. The Morgan fingerprint density at radius 1 is 1.25 bits per heavy atom. The van der Waals surface area contributed by atoms with E-state index in [-0.39, 0.29) is 10.6 Å². The van der Waals surface area contributed by atoms with Gasteiger partial charge in [0.05, 0.1) is 22.2 Å². The number of halogens is 2. The summed E-state index contributed by atoms with van der Waals surface area (Å²) >= 11 is 9.03. The molecule has 0 aliphatic heterocycles. The van der Waals surface area contributed by atoms with Gasteiger partial charge in [0, 0.05) is 5.02 Å². The average molecular weight is 435 g/mol. The molecule has 0 aliphatic carbocycles. The number of rotatable bonds is 6. The minimum Gasteiger partial charge on any atom is -0.496 e. The van der Waals surface area contributed by atoms with Gasteiger partial charge >= 0.3 is 5.97 Å². The number of carboxylic acids is 1. The van der Waals surface area contributed by atoms with Crippen LogP contribution in [0, 0.1) is 0 Å². The second-order valence-electron chi connectivity index (χ2n) is 4.68. The van der Waals surface area contributed by atoms with Crippen LogP contribution in [0.5, 0.6) is 5.75 Å². The number of nitrogens with zero attached hydrogens (tertiary/aromatic N) is 1. The van der Waals surface area contributed by atoms with E-state index in [1.165, 1.54) is 49.6 Å². The second-order valence-corrected chi connectivity index (χ2v) is 7.83. The van der Waals surface area contributed by atoms with Crippen molar-refractivity contribution in [3.8, 4) is 5.75 Å². The van der Waals surface area contributed by atoms with Gasteiger partial charge in [0.2, 0.25) is 0 Å². The van der Waals surface area contributed by atoms with E-state index in [1.54, 1.807) is 0 Å². The quantitative estimate of drug-likeness (QED) is 0.753. The van der Waals surface area contributed by atoms with Gasteiger partial charge in [-0.1, -0.05) is 11.6 Å². The second kappa shape index (κ2) is 7.42. The maximum atomic E-state index is 12.9. The number of carbonyl (C=O) groups is 1. The normalized spacial score (nSPS) is 11.1. The molecule has 0 fully saturated rings. The lowest BCUT2D eigenvalue weighted by atomic mass is 10.3. The topological polar surface area (TPSA) is 83.9 Å². The zero-order chi connectivity index (χ0) is 17.9. The van der Waals surface area contributed by atoms with E-state index >= 15 is 0 Å². The Bertz CT molecular complexity index is 855. The standard InChI is InChI=1S/C15H13BrClNO5S/c1-23-14-7-6-12(8-13(14)16)24(21,22)18(9-15(19)20)11-4-2-10(17)3-5-11/h2-8H,9H2,1H3,(H,19,20). The predicted molar refractivity (Wildman–Crippen MR) is 94.3 cm³/mol. The van der Waals surface area contributed by atoms with Gasteiger partial charge in [0.1, 0.15) is 12.3 Å². The van der Waals surface area contributed by atoms with Gasteiger partial charge in [-0.2, -0.15) is 0 Å². The fraction of sp³-hybridized carbons (Fsp3) is 0.133. The molecular formula is C15H13BrClNO5S. The number of methoxy groups -OCH3 is 1. The molecule has 6 nitrogen and oxygen atoms in total. The highest BCUT2D eigenvalue weighted by atomic mass is 79.9. The molecular weight excluding hydrogens is 422 g/mol. The largest absolute Gasteiger partial charge is 0.496 e. The van der Waals surface area contributed by atoms with Crippen LogP contribution in [0.1, 0.15) is 0 Å². The molecule has 1 N–H and O–H groups in total. The van der Waals surface area contributed by atoms with Crippen molar-refractivity contribution in [3.05, 3.63) is 52.0 Å². The van der Waals surface area contributed by atoms with Gasteiger partial charge in [-0.05, 0) is 58.4 Å². The number of anilines is 1. The van der Waals surface area contributed by atoms with E-state index in [4.69, 9.17) is 21.4 Å². The van der Waals surface area contributed by atoms with Crippen LogP contribution in [0.25, 0.3) is 0 Å². The van der Waals surface area contributed by atoms with Crippen molar-refractivity contribution < 1.29 is 23.1 Å². The molecule has 0 unspecified atom stereocenters. The van der Waals surface area contributed by atoms with Gasteiger partial charge in [0.25, 0.3) is 10.0 Å². The Balaban J connectivity index is 2.53. The van der Waals surface area contributed by atoms with E-state index in [1.807, 2.05) is 0 Å². The van der Waals surface area contributed by atoms with Crippen molar-refractivity contribution in [2.45, 2.75) is 4.90 Å². The Hall–Kier alpha value is -1.77. The van der Waals surface area contributed by atoms with Gasteiger partial charge < -0.3 is 9.84 Å². The molecule has 0 saturated heterocycles. The zero-order valence-electron chi connectivity index (χ0n) is 12.4. The number of benzene rings is 2. The molecule has 128 valence electrons. The molecule has 0 aromatic heterocycles. The lowest BCUT2D eigenvalue weighted by Gasteiger charge is -2.23. The molecule has 0 amide bonds. The fourth-order valence-corrected chi connectivity index (χ4v) is 4.24. The van der Waals surface area contributed by atoms with Crippen molar-refractivity contribution in [1.82, 2.24) is 0 Å². The summed E-state index contributed by atoms with van der Waals surface area (Å²) < 4.78 is 32.1. The maximum Gasteiger partial charge on any atom is 0.324 e. The molecule has 0 bridgehead atoms. The van der Waals surface area contributed by atoms with Crippen molar-refractivity contribution in [1.29, 1.82) is 0 Å². The summed E-state index contributed by atoms with van der Waals surface area (Å²) in [5, 5.41) is 9.50. The highest BCUT2D eigenvalue weighted by Gasteiger charge is 2.27. The molecule has 0 aliphatic rings. The van der Waals surface area contributed by atoms with Crippen LogP contribution in [-0.2, 0) is 14.8 Å². The third kappa shape index (κ3) is 4.00. The van der Waals surface area contributed by atoms with Crippen LogP contribution in [0.15, 0.2) is 51.8 Å². The minimum absolute atomic E-state index is 0.0635.